The van der Waals surface area contributed by atoms with E-state index < -0.39 is 33.8 Å². The third-order valence-electron chi connectivity index (χ3n) is 3.28. The van der Waals surface area contributed by atoms with Crippen molar-refractivity contribution >= 4 is 0 Å². The number of rotatable bonds is 3. The van der Waals surface area contributed by atoms with E-state index in [9.17, 15) is 0 Å². The number of hydrogen-bond acceptors (Lipinski definition) is 0. The maximum absolute atomic E-state index is 2.39. The Balaban J connectivity index is 1.89. The van der Waals surface area contributed by atoms with Gasteiger partial charge in [-0.15, -0.1) is 0 Å². The zero-order chi connectivity index (χ0) is 10.8. The Morgan fingerprint density at radius 2 is 1.00 bits per heavy atom. The summed E-state index contributed by atoms with van der Waals surface area (Å²) in [5, 5.41) is 0. The van der Waals surface area contributed by atoms with Crippen molar-refractivity contribution in [2.75, 3.05) is 0 Å². The minimum absolute atomic E-state index is 1.22. The summed E-state index contributed by atoms with van der Waals surface area (Å²) in [6, 6.07) is 0. The molecule has 1 heteroatoms. The molecule has 3 rings (SSSR count). The van der Waals surface area contributed by atoms with Gasteiger partial charge in [0.25, 0.3) is 0 Å². The summed E-state index contributed by atoms with van der Waals surface area (Å²) in [6.07, 6.45) is 24.5. The van der Waals surface area contributed by atoms with Crippen molar-refractivity contribution in [1.29, 1.82) is 0 Å². The van der Waals surface area contributed by atoms with Crippen molar-refractivity contribution in [3.05, 3.63) is 58.7 Å². The summed E-state index contributed by atoms with van der Waals surface area (Å²) in [5.74, 6) is 0. The van der Waals surface area contributed by atoms with E-state index in [1.54, 1.807) is 4.06 Å². The third kappa shape index (κ3) is 2.09. The molecule has 0 bridgehead atoms. The van der Waals surface area contributed by atoms with Gasteiger partial charge in [0.1, 0.15) is 0 Å². The van der Waals surface area contributed by atoms with E-state index in [1.165, 1.54) is 19.3 Å². The van der Waals surface area contributed by atoms with Gasteiger partial charge >= 0.3 is 112 Å². The van der Waals surface area contributed by atoms with Crippen LogP contribution < -0.4 is 0 Å². The molecule has 0 saturated heterocycles. The molecule has 0 saturated carbocycles. The number of allylic oxidation sites excluding steroid dienone is 12. The maximum atomic E-state index is 2.39. The summed E-state index contributed by atoms with van der Waals surface area (Å²) in [4.78, 5) is 0. The van der Waals surface area contributed by atoms with Crippen LogP contribution >= 0.6 is 0 Å². The zero-order valence-electron chi connectivity index (χ0n) is 9.32. The molecule has 0 aromatic carbocycles. The van der Waals surface area contributed by atoms with E-state index in [2.05, 4.69) is 54.7 Å². The van der Waals surface area contributed by atoms with Crippen molar-refractivity contribution < 1.29 is 33.8 Å². The Hall–Kier alpha value is -0.235. The van der Waals surface area contributed by atoms with Crippen LogP contribution in [0.15, 0.2) is 58.7 Å². The van der Waals surface area contributed by atoms with Gasteiger partial charge in [-0.05, 0) is 0 Å². The first-order valence-electron chi connectivity index (χ1n) is 5.90. The third-order valence-corrected chi connectivity index (χ3v) is 15.8. The van der Waals surface area contributed by atoms with E-state index in [1.807, 2.05) is 0 Å². The molecule has 0 aromatic rings. The molecule has 3 aliphatic carbocycles. The van der Waals surface area contributed by atoms with Crippen LogP contribution in [0.3, 0.4) is 0 Å². The molecule has 0 unspecified atom stereocenters. The predicted molar refractivity (Wildman–Crippen MR) is 65.5 cm³/mol. The van der Waals surface area contributed by atoms with Crippen LogP contribution in [0.5, 0.6) is 0 Å². The molecule has 0 spiro atoms. The van der Waals surface area contributed by atoms with Crippen molar-refractivity contribution in [3.63, 3.8) is 0 Å². The Bertz CT molecular complexity index is 398. The van der Waals surface area contributed by atoms with Crippen molar-refractivity contribution in [1.82, 2.24) is 0 Å². The monoisotopic (exact) mass is 427 g/mol. The second-order valence-electron chi connectivity index (χ2n) is 4.35. The van der Waals surface area contributed by atoms with Crippen LogP contribution in [0, 0.1) is 33.8 Å². The Morgan fingerprint density at radius 1 is 0.625 bits per heavy atom. The molecular weight excluding hydrogens is 412 g/mol. The predicted octanol–water partition coefficient (Wildman–Crippen LogP) is 4.14. The topological polar surface area (TPSA) is 0 Å². The van der Waals surface area contributed by atoms with E-state index in [-0.39, 0.29) is 0 Å². The summed E-state index contributed by atoms with van der Waals surface area (Å²) in [6.45, 7) is 0. The molecule has 0 radical (unpaired) electrons. The van der Waals surface area contributed by atoms with Crippen LogP contribution in [0.2, 0.25) is 0 Å². The molecule has 3 aliphatic rings. The first kappa shape index (κ1) is 10.9. The van der Waals surface area contributed by atoms with Crippen LogP contribution in [-0.2, 0) is 0 Å². The molecule has 0 fully saturated rings. The second-order valence-corrected chi connectivity index (χ2v) is 15.3. The van der Waals surface area contributed by atoms with Gasteiger partial charge in [0.05, 0.1) is 0 Å². The summed E-state index contributed by atoms with van der Waals surface area (Å²) >= 11 is -1.93. The van der Waals surface area contributed by atoms with Gasteiger partial charge in [0.15, 0.2) is 0 Å². The Kier molecular flexibility index (Phi) is 3.37. The van der Waals surface area contributed by atoms with Crippen LogP contribution in [0.4, 0.5) is 0 Å². The Morgan fingerprint density at radius 3 is 1.25 bits per heavy atom. The molecule has 0 aliphatic heterocycles. The van der Waals surface area contributed by atoms with Crippen LogP contribution in [0.1, 0.15) is 19.3 Å². The SMILES string of the molecule is C1=CC[C]([Th]([C]2=CC=CC2)[C]2=CC=CC2)=C1. The van der Waals surface area contributed by atoms with E-state index >= 15 is 0 Å². The molecule has 0 amide bonds. The van der Waals surface area contributed by atoms with Gasteiger partial charge < -0.3 is 0 Å². The molecular formula is C15H15Th. The molecule has 16 heavy (non-hydrogen) atoms. The molecule has 0 heterocycles. The fraction of sp³-hybridized carbons (Fsp3) is 0.200. The average molecular weight is 427 g/mol. The van der Waals surface area contributed by atoms with Crippen molar-refractivity contribution in [2.24, 2.45) is 0 Å². The average Bonchev–Trinajstić information content (AvgIpc) is 3.02. The van der Waals surface area contributed by atoms with Gasteiger partial charge in [-0.25, -0.2) is 0 Å². The van der Waals surface area contributed by atoms with Crippen LogP contribution in [-0.4, -0.2) is 0 Å². The molecule has 0 atom stereocenters. The van der Waals surface area contributed by atoms with Gasteiger partial charge in [-0.1, -0.05) is 0 Å². The van der Waals surface area contributed by atoms with Crippen molar-refractivity contribution in [2.45, 2.75) is 19.3 Å². The molecule has 0 aromatic heterocycles. The molecule has 0 nitrogen and oxygen atoms in total. The van der Waals surface area contributed by atoms with E-state index in [4.69, 9.17) is 0 Å². The summed E-state index contributed by atoms with van der Waals surface area (Å²) < 4.78 is 5.35. The summed E-state index contributed by atoms with van der Waals surface area (Å²) in [5.41, 5.74) is 0. The van der Waals surface area contributed by atoms with E-state index in [0.29, 0.717) is 0 Å². The number of hydrogen-bond donors (Lipinski definition) is 0. The zero-order valence-corrected chi connectivity index (χ0v) is 13.4. The fourth-order valence-electron chi connectivity index (χ4n) is 2.52. The molecule has 79 valence electrons. The van der Waals surface area contributed by atoms with Gasteiger partial charge in [-0.3, -0.25) is 0 Å². The van der Waals surface area contributed by atoms with Gasteiger partial charge in [0.2, 0.25) is 0 Å². The first-order chi connectivity index (χ1) is 7.95. The standard InChI is InChI=1S/3C5H5.Th/c3*1-2-4-5-3-1;/h3*1-3H,4H2;. The fourth-order valence-corrected chi connectivity index (χ4v) is 14.8. The first-order valence-corrected chi connectivity index (χ1v) is 12.1. The van der Waals surface area contributed by atoms with Gasteiger partial charge in [-0.2, -0.15) is 0 Å². The normalized spacial score (nSPS) is 21.4. The molecule has 0 N–H and O–H groups in total. The quantitative estimate of drug-likeness (QED) is 0.636. The second kappa shape index (κ2) is 4.95. The van der Waals surface area contributed by atoms with E-state index in [0.717, 1.165) is 0 Å². The minimum atomic E-state index is -1.93. The van der Waals surface area contributed by atoms with Crippen LogP contribution in [0.25, 0.3) is 0 Å². The Labute approximate surface area is 111 Å². The van der Waals surface area contributed by atoms with Gasteiger partial charge in [0, 0.05) is 0 Å². The van der Waals surface area contributed by atoms with Crippen molar-refractivity contribution in [3.8, 4) is 0 Å². The summed E-state index contributed by atoms with van der Waals surface area (Å²) in [7, 11) is 0.